The molecule has 0 saturated carbocycles. The van der Waals surface area contributed by atoms with Crippen molar-refractivity contribution in [2.45, 2.75) is 12.8 Å². The number of amides is 1. The fourth-order valence-electron chi connectivity index (χ4n) is 1.87. The van der Waals surface area contributed by atoms with Gasteiger partial charge in [0.25, 0.3) is 0 Å². The number of carbonyl (C=O) groups is 1. The van der Waals surface area contributed by atoms with Crippen LogP contribution in [-0.2, 0) is 17.6 Å². The molecule has 0 aliphatic rings. The van der Waals surface area contributed by atoms with Gasteiger partial charge in [-0.3, -0.25) is 4.79 Å². The summed E-state index contributed by atoms with van der Waals surface area (Å²) in [5.74, 6) is 0.0423. The largest absolute Gasteiger partial charge is 0.399 e. The maximum atomic E-state index is 11.7. The van der Waals surface area contributed by atoms with Crippen LogP contribution in [0.5, 0.6) is 0 Å². The molecule has 0 aliphatic heterocycles. The third-order valence-electron chi connectivity index (χ3n) is 2.92. The monoisotopic (exact) mass is 254 g/mol. The summed E-state index contributed by atoms with van der Waals surface area (Å²) < 4.78 is 0. The zero-order valence-corrected chi connectivity index (χ0v) is 10.8. The number of benzene rings is 2. The van der Waals surface area contributed by atoms with Gasteiger partial charge in [-0.1, -0.05) is 42.5 Å². The van der Waals surface area contributed by atoms with Crippen LogP contribution in [0.15, 0.2) is 54.6 Å². The second kappa shape index (κ2) is 6.59. The van der Waals surface area contributed by atoms with E-state index in [2.05, 4.69) is 17.4 Å². The Morgan fingerprint density at radius 1 is 0.947 bits per heavy atom. The highest BCUT2D eigenvalue weighted by molar-refractivity contribution is 5.78. The fourth-order valence-corrected chi connectivity index (χ4v) is 1.87. The molecule has 19 heavy (non-hydrogen) atoms. The summed E-state index contributed by atoms with van der Waals surface area (Å²) in [4.78, 5) is 11.7. The first-order valence-corrected chi connectivity index (χ1v) is 6.39. The zero-order chi connectivity index (χ0) is 13.5. The second-order valence-corrected chi connectivity index (χ2v) is 4.50. The van der Waals surface area contributed by atoms with Gasteiger partial charge in [-0.25, -0.2) is 0 Å². The number of nitrogens with two attached hydrogens (primary N) is 1. The Bertz CT molecular complexity index is 520. The number of hydrogen-bond acceptors (Lipinski definition) is 2. The van der Waals surface area contributed by atoms with E-state index >= 15 is 0 Å². The summed E-state index contributed by atoms with van der Waals surface area (Å²) in [6, 6.07) is 17.5. The first-order valence-electron chi connectivity index (χ1n) is 6.39. The van der Waals surface area contributed by atoms with Crippen molar-refractivity contribution in [3.05, 3.63) is 65.7 Å². The highest BCUT2D eigenvalue weighted by atomic mass is 16.1. The average molecular weight is 254 g/mol. The number of nitrogen functional groups attached to an aromatic ring is 1. The smallest absolute Gasteiger partial charge is 0.224 e. The maximum Gasteiger partial charge on any atom is 0.224 e. The molecule has 0 heterocycles. The van der Waals surface area contributed by atoms with E-state index in [0.717, 1.165) is 12.0 Å². The number of hydrogen-bond donors (Lipinski definition) is 2. The standard InChI is InChI=1S/C16H18N2O/c17-15-8-6-14(7-9-15)12-16(19)18-11-10-13-4-2-1-3-5-13/h1-9H,10-12,17H2,(H,18,19). The van der Waals surface area contributed by atoms with E-state index in [0.29, 0.717) is 18.7 Å². The Balaban J connectivity index is 1.74. The van der Waals surface area contributed by atoms with Crippen molar-refractivity contribution >= 4 is 11.6 Å². The van der Waals surface area contributed by atoms with Gasteiger partial charge in [0.1, 0.15) is 0 Å². The second-order valence-electron chi connectivity index (χ2n) is 4.50. The molecule has 0 radical (unpaired) electrons. The Hall–Kier alpha value is -2.29. The molecule has 1 amide bonds. The Morgan fingerprint density at radius 3 is 2.32 bits per heavy atom. The summed E-state index contributed by atoms with van der Waals surface area (Å²) in [6.07, 6.45) is 1.25. The Kier molecular flexibility index (Phi) is 4.56. The van der Waals surface area contributed by atoms with Crippen LogP contribution >= 0.6 is 0 Å². The topological polar surface area (TPSA) is 55.1 Å². The minimum atomic E-state index is 0.0423. The summed E-state index contributed by atoms with van der Waals surface area (Å²) in [7, 11) is 0. The molecule has 3 N–H and O–H groups in total. The summed E-state index contributed by atoms with van der Waals surface area (Å²) >= 11 is 0. The predicted octanol–water partition coefficient (Wildman–Crippen LogP) is 2.17. The first-order chi connectivity index (χ1) is 9.24. The molecule has 0 bridgehead atoms. The van der Waals surface area contributed by atoms with Crippen molar-refractivity contribution in [1.29, 1.82) is 0 Å². The molecule has 98 valence electrons. The van der Waals surface area contributed by atoms with Crippen molar-refractivity contribution in [2.24, 2.45) is 0 Å². The summed E-state index contributed by atoms with van der Waals surface area (Å²) in [5.41, 5.74) is 8.53. The van der Waals surface area contributed by atoms with Crippen LogP contribution in [0, 0.1) is 0 Å². The molecule has 0 atom stereocenters. The highest BCUT2D eigenvalue weighted by Crippen LogP contribution is 2.06. The van der Waals surface area contributed by atoms with Crippen molar-refractivity contribution in [3.63, 3.8) is 0 Å². The molecule has 0 spiro atoms. The number of anilines is 1. The lowest BCUT2D eigenvalue weighted by Gasteiger charge is -2.05. The van der Waals surface area contributed by atoms with Gasteiger partial charge >= 0.3 is 0 Å². The van der Waals surface area contributed by atoms with E-state index in [1.165, 1.54) is 5.56 Å². The van der Waals surface area contributed by atoms with Crippen molar-refractivity contribution in [3.8, 4) is 0 Å². The van der Waals surface area contributed by atoms with Gasteiger partial charge < -0.3 is 11.1 Å². The molecule has 0 aliphatic carbocycles. The summed E-state index contributed by atoms with van der Waals surface area (Å²) in [5, 5.41) is 2.92. The molecule has 2 aromatic rings. The minimum Gasteiger partial charge on any atom is -0.399 e. The molecule has 3 nitrogen and oxygen atoms in total. The Morgan fingerprint density at radius 2 is 1.63 bits per heavy atom. The van der Waals surface area contributed by atoms with Gasteiger partial charge in [-0.2, -0.15) is 0 Å². The maximum absolute atomic E-state index is 11.7. The van der Waals surface area contributed by atoms with Crippen LogP contribution in [-0.4, -0.2) is 12.5 Å². The van der Waals surface area contributed by atoms with Gasteiger partial charge in [0.15, 0.2) is 0 Å². The summed E-state index contributed by atoms with van der Waals surface area (Å²) in [6.45, 7) is 0.665. The average Bonchev–Trinajstić information content (AvgIpc) is 2.43. The normalized spacial score (nSPS) is 10.1. The van der Waals surface area contributed by atoms with Gasteiger partial charge in [0.2, 0.25) is 5.91 Å². The Labute approximate surface area is 113 Å². The van der Waals surface area contributed by atoms with E-state index in [-0.39, 0.29) is 5.91 Å². The molecule has 3 heteroatoms. The van der Waals surface area contributed by atoms with E-state index in [1.807, 2.05) is 42.5 Å². The number of rotatable bonds is 5. The number of nitrogens with one attached hydrogen (secondary N) is 1. The quantitative estimate of drug-likeness (QED) is 0.803. The lowest BCUT2D eigenvalue weighted by atomic mass is 10.1. The highest BCUT2D eigenvalue weighted by Gasteiger charge is 2.02. The van der Waals surface area contributed by atoms with Crippen LogP contribution < -0.4 is 11.1 Å². The van der Waals surface area contributed by atoms with Crippen LogP contribution in [0.1, 0.15) is 11.1 Å². The molecular weight excluding hydrogens is 236 g/mol. The van der Waals surface area contributed by atoms with E-state index in [4.69, 9.17) is 5.73 Å². The van der Waals surface area contributed by atoms with Crippen LogP contribution in [0.25, 0.3) is 0 Å². The molecule has 2 aromatic carbocycles. The lowest BCUT2D eigenvalue weighted by molar-refractivity contribution is -0.120. The number of carbonyl (C=O) groups excluding carboxylic acids is 1. The van der Waals surface area contributed by atoms with Crippen molar-refractivity contribution in [1.82, 2.24) is 5.32 Å². The van der Waals surface area contributed by atoms with Gasteiger partial charge in [0, 0.05) is 12.2 Å². The minimum absolute atomic E-state index is 0.0423. The molecule has 2 rings (SSSR count). The van der Waals surface area contributed by atoms with Crippen molar-refractivity contribution in [2.75, 3.05) is 12.3 Å². The van der Waals surface area contributed by atoms with E-state index < -0.39 is 0 Å². The van der Waals surface area contributed by atoms with Gasteiger partial charge in [-0.15, -0.1) is 0 Å². The lowest BCUT2D eigenvalue weighted by Crippen LogP contribution is -2.27. The van der Waals surface area contributed by atoms with E-state index in [9.17, 15) is 4.79 Å². The van der Waals surface area contributed by atoms with Crippen LogP contribution in [0.4, 0.5) is 5.69 Å². The SMILES string of the molecule is Nc1ccc(CC(=O)NCCc2ccccc2)cc1. The van der Waals surface area contributed by atoms with Crippen molar-refractivity contribution < 1.29 is 4.79 Å². The van der Waals surface area contributed by atoms with Crippen LogP contribution in [0.2, 0.25) is 0 Å². The molecule has 0 saturated heterocycles. The molecular formula is C16H18N2O. The van der Waals surface area contributed by atoms with E-state index in [1.54, 1.807) is 0 Å². The fraction of sp³-hybridized carbons (Fsp3) is 0.188. The molecule has 0 unspecified atom stereocenters. The van der Waals surface area contributed by atoms with Gasteiger partial charge in [-0.05, 0) is 29.7 Å². The molecule has 0 fully saturated rings. The third kappa shape index (κ3) is 4.47. The zero-order valence-electron chi connectivity index (χ0n) is 10.8. The van der Waals surface area contributed by atoms with Gasteiger partial charge in [0.05, 0.1) is 6.42 Å². The molecule has 0 aromatic heterocycles. The first kappa shape index (κ1) is 13.1. The third-order valence-corrected chi connectivity index (χ3v) is 2.92. The van der Waals surface area contributed by atoms with Crippen LogP contribution in [0.3, 0.4) is 0 Å². The predicted molar refractivity (Wildman–Crippen MR) is 77.7 cm³/mol.